The van der Waals surface area contributed by atoms with Crippen LogP contribution in [0, 0.1) is 10.1 Å². The topological polar surface area (TPSA) is 110 Å². The van der Waals surface area contributed by atoms with Gasteiger partial charge in [0.15, 0.2) is 0 Å². The number of nitrogens with one attached hydrogen (secondary N) is 1. The molecule has 0 bridgehead atoms. The van der Waals surface area contributed by atoms with Crippen LogP contribution >= 0.6 is 0 Å². The number of carbonyl (C=O) groups is 1. The first kappa shape index (κ1) is 9.45. The smallest absolute Gasteiger partial charge is 0.266 e. The summed E-state index contributed by atoms with van der Waals surface area (Å²) in [5.74, 6) is -1.16. The van der Waals surface area contributed by atoms with Gasteiger partial charge in [-0.05, 0) is 0 Å². The van der Waals surface area contributed by atoms with Crippen LogP contribution in [-0.2, 0) is 15.0 Å². The van der Waals surface area contributed by atoms with E-state index in [9.17, 15) is 23.3 Å². The zero-order chi connectivity index (χ0) is 10.2. The second kappa shape index (κ2) is 2.69. The highest BCUT2D eigenvalue weighted by Gasteiger charge is 2.37. The summed E-state index contributed by atoms with van der Waals surface area (Å²) < 4.78 is 23.8. The third kappa shape index (κ3) is 1.45. The van der Waals surface area contributed by atoms with Crippen molar-refractivity contribution in [1.29, 1.82) is 0 Å². The Morgan fingerprint density at radius 1 is 1.62 bits per heavy atom. The lowest BCUT2D eigenvalue weighted by atomic mass is 10.4. The van der Waals surface area contributed by atoms with Crippen LogP contribution in [0.1, 0.15) is 0 Å². The highest BCUT2D eigenvalue weighted by Crippen LogP contribution is 2.09. The van der Waals surface area contributed by atoms with Gasteiger partial charge in [-0.2, -0.15) is 8.42 Å². The molecule has 0 aliphatic carbocycles. The molecule has 0 saturated heterocycles. The molecular weight excluding hydrogens is 202 g/mol. The molecule has 0 aromatic carbocycles. The summed E-state index contributed by atoms with van der Waals surface area (Å²) in [6.07, 6.45) is 0.553. The summed E-state index contributed by atoms with van der Waals surface area (Å²) >= 11 is 0. The van der Waals surface area contributed by atoms with Crippen molar-refractivity contribution in [2.75, 3.05) is 7.05 Å². The largest absolute Gasteiger partial charge is 0.351 e. The van der Waals surface area contributed by atoms with Crippen LogP contribution in [0.3, 0.4) is 0 Å². The van der Waals surface area contributed by atoms with E-state index in [-0.39, 0.29) is 4.31 Å². The molecule has 0 spiro atoms. The van der Waals surface area contributed by atoms with Crippen molar-refractivity contribution >= 4 is 16.1 Å². The Morgan fingerprint density at radius 2 is 2.15 bits per heavy atom. The number of carbonyl (C=O) groups excluding carboxylic acids is 1. The van der Waals surface area contributed by atoms with E-state index in [0.717, 1.165) is 7.05 Å². The molecule has 0 unspecified atom stereocenters. The van der Waals surface area contributed by atoms with E-state index >= 15 is 0 Å². The second-order valence-corrected chi connectivity index (χ2v) is 3.92. The molecule has 0 saturated carbocycles. The molecule has 0 fully saturated rings. The van der Waals surface area contributed by atoms with Gasteiger partial charge in [0.2, 0.25) is 0 Å². The third-order valence-corrected chi connectivity index (χ3v) is 2.71. The van der Waals surface area contributed by atoms with Crippen LogP contribution in [0.4, 0.5) is 0 Å². The van der Waals surface area contributed by atoms with Gasteiger partial charge in [-0.1, -0.05) is 0 Å². The number of likely N-dealkylation sites (N-methyl/N-ethyl adjacent to an activating group) is 1. The first-order valence-electron chi connectivity index (χ1n) is 3.01. The zero-order valence-corrected chi connectivity index (χ0v) is 7.24. The summed E-state index contributed by atoms with van der Waals surface area (Å²) in [5.41, 5.74) is -0.808. The Hall–Kier alpha value is -1.64. The van der Waals surface area contributed by atoms with Crippen LogP contribution in [0.25, 0.3) is 0 Å². The molecule has 0 atom stereocenters. The maximum absolute atomic E-state index is 11.0. The minimum absolute atomic E-state index is 0.269. The van der Waals surface area contributed by atoms with Crippen molar-refractivity contribution in [2.45, 2.75) is 0 Å². The lowest BCUT2D eigenvalue weighted by molar-refractivity contribution is -0.420. The molecule has 0 aromatic rings. The van der Waals surface area contributed by atoms with Crippen molar-refractivity contribution in [3.63, 3.8) is 0 Å². The van der Waals surface area contributed by atoms with Crippen LogP contribution in [0.2, 0.25) is 0 Å². The monoisotopic (exact) mass is 207 g/mol. The fourth-order valence-electron chi connectivity index (χ4n) is 0.672. The molecule has 8 nitrogen and oxygen atoms in total. The quantitative estimate of drug-likeness (QED) is 0.411. The van der Waals surface area contributed by atoms with Crippen molar-refractivity contribution in [1.82, 2.24) is 9.03 Å². The van der Waals surface area contributed by atoms with E-state index in [1.807, 2.05) is 0 Å². The van der Waals surface area contributed by atoms with Gasteiger partial charge in [-0.3, -0.25) is 19.6 Å². The number of nitrogens with zero attached hydrogens (tertiary/aromatic N) is 2. The molecule has 1 N–H and O–H groups in total. The number of rotatable bonds is 1. The Morgan fingerprint density at radius 3 is 2.62 bits per heavy atom. The van der Waals surface area contributed by atoms with E-state index < -0.39 is 26.7 Å². The average Bonchev–Trinajstić information content (AvgIpc) is 2.00. The van der Waals surface area contributed by atoms with Gasteiger partial charge in [0, 0.05) is 7.05 Å². The summed E-state index contributed by atoms with van der Waals surface area (Å²) in [4.78, 5) is 20.2. The van der Waals surface area contributed by atoms with Crippen LogP contribution in [0.5, 0.6) is 0 Å². The van der Waals surface area contributed by atoms with E-state index in [4.69, 9.17) is 0 Å². The van der Waals surface area contributed by atoms with Crippen LogP contribution in [0.15, 0.2) is 11.9 Å². The van der Waals surface area contributed by atoms with Crippen LogP contribution in [-0.4, -0.2) is 30.6 Å². The van der Waals surface area contributed by atoms with Gasteiger partial charge < -0.3 is 0 Å². The minimum Gasteiger partial charge on any atom is -0.266 e. The molecule has 0 aromatic heterocycles. The lowest BCUT2D eigenvalue weighted by Gasteiger charge is -2.18. The summed E-state index contributed by atoms with van der Waals surface area (Å²) in [7, 11) is -2.99. The Balaban J connectivity index is 3.18. The van der Waals surface area contributed by atoms with Crippen molar-refractivity contribution in [3.8, 4) is 0 Å². The molecule has 72 valence electrons. The highest BCUT2D eigenvalue weighted by atomic mass is 32.2. The predicted molar refractivity (Wildman–Crippen MR) is 39.9 cm³/mol. The van der Waals surface area contributed by atoms with Gasteiger partial charge in [0.25, 0.3) is 0 Å². The Bertz CT molecular complexity index is 396. The molecule has 1 aliphatic rings. The fraction of sp³-hybridized carbons (Fsp3) is 0.250. The Kier molecular flexibility index (Phi) is 1.96. The molecule has 1 rings (SSSR count). The standard InChI is InChI=1S/C4H5N3O5S/c1-6-4(8)3(7(9)10)2-5-13(6,11)12/h2,5H,1H3. The van der Waals surface area contributed by atoms with Gasteiger partial charge in [0.1, 0.15) is 0 Å². The van der Waals surface area contributed by atoms with Crippen molar-refractivity contribution < 1.29 is 18.1 Å². The maximum atomic E-state index is 11.0. The van der Waals surface area contributed by atoms with E-state index in [1.54, 1.807) is 4.72 Å². The number of nitro groups is 1. The van der Waals surface area contributed by atoms with Gasteiger partial charge in [-0.25, -0.2) is 4.31 Å². The number of amides is 1. The molecule has 1 aliphatic heterocycles. The van der Waals surface area contributed by atoms with Crippen molar-refractivity contribution in [3.05, 3.63) is 22.0 Å². The lowest BCUT2D eigenvalue weighted by Crippen LogP contribution is -2.46. The summed E-state index contributed by atoms with van der Waals surface area (Å²) in [6, 6.07) is 0. The molecule has 1 amide bonds. The third-order valence-electron chi connectivity index (χ3n) is 1.41. The molecule has 13 heavy (non-hydrogen) atoms. The van der Waals surface area contributed by atoms with E-state index in [0.29, 0.717) is 6.20 Å². The first-order chi connectivity index (χ1) is 5.86. The van der Waals surface area contributed by atoms with Crippen molar-refractivity contribution in [2.24, 2.45) is 0 Å². The van der Waals surface area contributed by atoms with Gasteiger partial charge >= 0.3 is 21.8 Å². The predicted octanol–water partition coefficient (Wildman–Crippen LogP) is -1.59. The number of hydrogen-bond donors (Lipinski definition) is 1. The average molecular weight is 207 g/mol. The SMILES string of the molecule is CN1C(=O)C([N+](=O)[O-])=CNS1(=O)=O. The molecular formula is C4H5N3O5S. The molecule has 9 heteroatoms. The molecule has 0 radical (unpaired) electrons. The zero-order valence-electron chi connectivity index (χ0n) is 6.42. The number of hydrogen-bond acceptors (Lipinski definition) is 5. The van der Waals surface area contributed by atoms with Crippen LogP contribution < -0.4 is 4.72 Å². The fourth-order valence-corrected chi connectivity index (χ4v) is 1.40. The maximum Gasteiger partial charge on any atom is 0.351 e. The molecule has 1 heterocycles. The van der Waals surface area contributed by atoms with Gasteiger partial charge in [-0.15, -0.1) is 0 Å². The second-order valence-electron chi connectivity index (χ2n) is 2.18. The Labute approximate surface area is 73.2 Å². The van der Waals surface area contributed by atoms with E-state index in [1.165, 1.54) is 0 Å². The normalized spacial score (nSPS) is 20.5. The summed E-state index contributed by atoms with van der Waals surface area (Å²) in [5, 5.41) is 10.2. The first-order valence-corrected chi connectivity index (χ1v) is 4.45. The summed E-state index contributed by atoms with van der Waals surface area (Å²) in [6.45, 7) is 0. The highest BCUT2D eigenvalue weighted by molar-refractivity contribution is 7.87. The van der Waals surface area contributed by atoms with E-state index in [2.05, 4.69) is 0 Å². The minimum atomic E-state index is -3.92. The van der Waals surface area contributed by atoms with Gasteiger partial charge in [0.05, 0.1) is 11.1 Å².